The van der Waals surface area contributed by atoms with Gasteiger partial charge in [-0.05, 0) is 43.5 Å². The van der Waals surface area contributed by atoms with Crippen LogP contribution in [0.25, 0.3) is 21.2 Å². The van der Waals surface area contributed by atoms with Crippen LogP contribution in [-0.4, -0.2) is 9.55 Å². The molecule has 3 aromatic heterocycles. The molecule has 0 unspecified atom stereocenters. The van der Waals surface area contributed by atoms with Crippen LogP contribution >= 0.6 is 23.1 Å². The van der Waals surface area contributed by atoms with Crippen LogP contribution in [0.1, 0.15) is 21.6 Å². The minimum atomic E-state index is -0.370. The topological polar surface area (TPSA) is 65.1 Å². The lowest BCUT2D eigenvalue weighted by Gasteiger charge is -2.09. The monoisotopic (exact) mass is 398 g/mol. The quantitative estimate of drug-likeness (QED) is 0.292. The molecule has 7 heteroatoms. The molecule has 27 heavy (non-hydrogen) atoms. The molecule has 0 spiro atoms. The predicted octanol–water partition coefficient (Wildman–Crippen LogP) is 4.32. The minimum Gasteiger partial charge on any atom is -0.423 e. The number of benzene rings is 1. The normalized spacial score (nSPS) is 11.6. The molecule has 4 aromatic rings. The van der Waals surface area contributed by atoms with Gasteiger partial charge in [0, 0.05) is 29.1 Å². The highest BCUT2D eigenvalue weighted by Crippen LogP contribution is 2.30. The fraction of sp³-hybridized carbons (Fsp3) is 0.250. The fourth-order valence-electron chi connectivity index (χ4n) is 3.08. The standard InChI is InChI=1S/C20H18N2O3S2/c1-10-5-6-14-13(8-16(23)25-15(14)7-10)9-26-20-21-18-17(19(24)22(20)4)11(2)12(3)27-18/h5-8H,9H2,1-4H3. The third-order valence-corrected chi connectivity index (χ3v) is 6.89. The van der Waals surface area contributed by atoms with E-state index in [1.54, 1.807) is 23.0 Å². The van der Waals surface area contributed by atoms with Crippen molar-refractivity contribution in [1.82, 2.24) is 9.55 Å². The van der Waals surface area contributed by atoms with E-state index in [2.05, 4.69) is 0 Å². The molecule has 0 amide bonds. The van der Waals surface area contributed by atoms with Crippen LogP contribution in [0.4, 0.5) is 0 Å². The van der Waals surface area contributed by atoms with Crippen molar-refractivity contribution in [2.75, 3.05) is 0 Å². The third-order valence-electron chi connectivity index (χ3n) is 4.71. The lowest BCUT2D eigenvalue weighted by atomic mass is 10.1. The van der Waals surface area contributed by atoms with Crippen LogP contribution in [0, 0.1) is 20.8 Å². The Kier molecular flexibility index (Phi) is 4.44. The minimum absolute atomic E-state index is 0.0302. The molecule has 0 fully saturated rings. The van der Waals surface area contributed by atoms with Gasteiger partial charge in [0.15, 0.2) is 5.16 Å². The molecule has 3 heterocycles. The Hall–Kier alpha value is -2.38. The van der Waals surface area contributed by atoms with Gasteiger partial charge >= 0.3 is 5.63 Å². The highest BCUT2D eigenvalue weighted by Gasteiger charge is 2.15. The van der Waals surface area contributed by atoms with Crippen LogP contribution in [-0.2, 0) is 12.8 Å². The molecule has 4 rings (SSSR count). The number of rotatable bonds is 3. The van der Waals surface area contributed by atoms with E-state index in [-0.39, 0.29) is 11.2 Å². The van der Waals surface area contributed by atoms with Gasteiger partial charge in [0.05, 0.1) is 5.39 Å². The zero-order valence-corrected chi connectivity index (χ0v) is 17.1. The first-order valence-corrected chi connectivity index (χ1v) is 10.3. The van der Waals surface area contributed by atoms with Crippen molar-refractivity contribution in [3.05, 3.63) is 66.6 Å². The van der Waals surface area contributed by atoms with Crippen molar-refractivity contribution in [1.29, 1.82) is 0 Å². The molecule has 0 saturated carbocycles. The highest BCUT2D eigenvalue weighted by molar-refractivity contribution is 7.98. The Labute approximate surface area is 163 Å². The summed E-state index contributed by atoms with van der Waals surface area (Å²) in [6.45, 7) is 5.92. The summed E-state index contributed by atoms with van der Waals surface area (Å²) in [7, 11) is 1.74. The van der Waals surface area contributed by atoms with Gasteiger partial charge in [0.25, 0.3) is 5.56 Å². The lowest BCUT2D eigenvalue weighted by Crippen LogP contribution is -2.19. The van der Waals surface area contributed by atoms with Crippen LogP contribution in [0.5, 0.6) is 0 Å². The first kappa shape index (κ1) is 18.0. The van der Waals surface area contributed by atoms with Gasteiger partial charge in [-0.15, -0.1) is 11.3 Å². The number of nitrogens with zero attached hydrogens (tertiary/aromatic N) is 2. The second kappa shape index (κ2) is 6.65. The molecule has 0 aliphatic rings. The van der Waals surface area contributed by atoms with E-state index in [9.17, 15) is 9.59 Å². The predicted molar refractivity (Wildman–Crippen MR) is 111 cm³/mol. The number of hydrogen-bond acceptors (Lipinski definition) is 6. The average molecular weight is 399 g/mol. The van der Waals surface area contributed by atoms with Gasteiger partial charge in [-0.1, -0.05) is 23.9 Å². The van der Waals surface area contributed by atoms with Gasteiger partial charge in [-0.25, -0.2) is 9.78 Å². The fourth-order valence-corrected chi connectivity index (χ4v) is 5.12. The SMILES string of the molecule is Cc1ccc2c(CSc3nc4sc(C)c(C)c4c(=O)n3C)cc(=O)oc2c1. The smallest absolute Gasteiger partial charge is 0.336 e. The Bertz CT molecular complexity index is 1320. The molecule has 1 aromatic carbocycles. The summed E-state index contributed by atoms with van der Waals surface area (Å²) < 4.78 is 6.90. The molecule has 0 bridgehead atoms. The lowest BCUT2D eigenvalue weighted by molar-refractivity contribution is 0.559. The number of aryl methyl sites for hydroxylation is 3. The molecule has 5 nitrogen and oxygen atoms in total. The van der Waals surface area contributed by atoms with Gasteiger partial charge in [0.2, 0.25) is 0 Å². The molecule has 0 aliphatic heterocycles. The Morgan fingerprint density at radius 2 is 1.96 bits per heavy atom. The Morgan fingerprint density at radius 1 is 1.19 bits per heavy atom. The Balaban J connectivity index is 1.76. The average Bonchev–Trinajstić information content (AvgIpc) is 2.90. The maximum Gasteiger partial charge on any atom is 0.336 e. The van der Waals surface area contributed by atoms with E-state index in [0.717, 1.165) is 31.8 Å². The van der Waals surface area contributed by atoms with Crippen LogP contribution in [0.15, 0.2) is 43.4 Å². The zero-order valence-electron chi connectivity index (χ0n) is 15.5. The molecular weight excluding hydrogens is 380 g/mol. The molecule has 0 N–H and O–H groups in total. The van der Waals surface area contributed by atoms with Gasteiger partial charge in [0.1, 0.15) is 10.4 Å². The van der Waals surface area contributed by atoms with E-state index in [0.29, 0.717) is 21.9 Å². The summed E-state index contributed by atoms with van der Waals surface area (Å²) in [6.07, 6.45) is 0. The summed E-state index contributed by atoms with van der Waals surface area (Å²) in [5.74, 6) is 0.528. The molecule has 0 aliphatic carbocycles. The second-order valence-corrected chi connectivity index (χ2v) is 8.75. The van der Waals surface area contributed by atoms with E-state index >= 15 is 0 Å². The maximum atomic E-state index is 12.7. The van der Waals surface area contributed by atoms with Crippen LogP contribution in [0.2, 0.25) is 0 Å². The van der Waals surface area contributed by atoms with E-state index in [4.69, 9.17) is 9.40 Å². The van der Waals surface area contributed by atoms with Crippen molar-refractivity contribution in [2.24, 2.45) is 7.05 Å². The van der Waals surface area contributed by atoms with Gasteiger partial charge in [-0.3, -0.25) is 9.36 Å². The number of thioether (sulfide) groups is 1. The van der Waals surface area contributed by atoms with Crippen molar-refractivity contribution >= 4 is 44.3 Å². The van der Waals surface area contributed by atoms with Gasteiger partial charge < -0.3 is 4.42 Å². The van der Waals surface area contributed by atoms with E-state index in [1.807, 2.05) is 39.0 Å². The summed E-state index contributed by atoms with van der Waals surface area (Å²) in [4.78, 5) is 31.2. The van der Waals surface area contributed by atoms with Crippen LogP contribution < -0.4 is 11.2 Å². The molecule has 0 atom stereocenters. The third kappa shape index (κ3) is 3.11. The number of hydrogen-bond donors (Lipinski definition) is 0. The van der Waals surface area contributed by atoms with Crippen molar-refractivity contribution < 1.29 is 4.42 Å². The number of thiophene rings is 1. The van der Waals surface area contributed by atoms with Gasteiger partial charge in [-0.2, -0.15) is 0 Å². The molecular formula is C20H18N2O3S2. The molecule has 138 valence electrons. The first-order valence-electron chi connectivity index (χ1n) is 8.48. The largest absolute Gasteiger partial charge is 0.423 e. The van der Waals surface area contributed by atoms with Crippen LogP contribution in [0.3, 0.4) is 0 Å². The van der Waals surface area contributed by atoms with Crippen molar-refractivity contribution in [3.8, 4) is 0 Å². The summed E-state index contributed by atoms with van der Waals surface area (Å²) in [6, 6.07) is 7.34. The zero-order chi connectivity index (χ0) is 19.3. The summed E-state index contributed by atoms with van der Waals surface area (Å²) >= 11 is 2.99. The molecule has 0 radical (unpaired) electrons. The first-order chi connectivity index (χ1) is 12.8. The summed E-state index contributed by atoms with van der Waals surface area (Å²) in [5, 5.41) is 2.24. The summed E-state index contributed by atoms with van der Waals surface area (Å²) in [5.41, 5.74) is 3.09. The second-order valence-electron chi connectivity index (χ2n) is 6.60. The Morgan fingerprint density at radius 3 is 2.74 bits per heavy atom. The maximum absolute atomic E-state index is 12.7. The van der Waals surface area contributed by atoms with E-state index < -0.39 is 0 Å². The van der Waals surface area contributed by atoms with E-state index in [1.165, 1.54) is 17.8 Å². The highest BCUT2D eigenvalue weighted by atomic mass is 32.2. The number of fused-ring (bicyclic) bond motifs is 2. The molecule has 0 saturated heterocycles. The van der Waals surface area contributed by atoms with Crippen molar-refractivity contribution in [2.45, 2.75) is 31.7 Å². The number of aromatic nitrogens is 2. The van der Waals surface area contributed by atoms with Crippen molar-refractivity contribution in [3.63, 3.8) is 0 Å².